The molecule has 0 heterocycles. The van der Waals surface area contributed by atoms with Crippen molar-refractivity contribution in [1.82, 2.24) is 4.48 Å². The molecule has 1 aliphatic rings. The summed E-state index contributed by atoms with van der Waals surface area (Å²) >= 11 is 0. The van der Waals surface area contributed by atoms with E-state index in [9.17, 15) is 0 Å². The van der Waals surface area contributed by atoms with Gasteiger partial charge in [0.15, 0.2) is 0 Å². The summed E-state index contributed by atoms with van der Waals surface area (Å²) in [6.07, 6.45) is 3.44. The van der Waals surface area contributed by atoms with E-state index in [4.69, 9.17) is 0 Å². The first-order valence-electron chi connectivity index (χ1n) is 7.17. The van der Waals surface area contributed by atoms with Gasteiger partial charge in [0.25, 0.3) is 0 Å². The van der Waals surface area contributed by atoms with Gasteiger partial charge < -0.3 is 0 Å². The molecule has 0 spiro atoms. The highest BCUT2D eigenvalue weighted by Gasteiger charge is 2.21. The van der Waals surface area contributed by atoms with Gasteiger partial charge in [-0.1, -0.05) is 42.0 Å². The molecule has 1 aliphatic carbocycles. The van der Waals surface area contributed by atoms with Gasteiger partial charge in [0.2, 0.25) is 0 Å². The molecule has 0 aliphatic heterocycles. The van der Waals surface area contributed by atoms with Crippen LogP contribution >= 0.6 is 0 Å². The van der Waals surface area contributed by atoms with E-state index in [0.29, 0.717) is 0 Å². The van der Waals surface area contributed by atoms with Crippen LogP contribution in [0.3, 0.4) is 0 Å². The van der Waals surface area contributed by atoms with Gasteiger partial charge in [-0.15, -0.1) is 0 Å². The maximum Gasteiger partial charge on any atom is 0.140 e. The van der Waals surface area contributed by atoms with Crippen LogP contribution in [0.4, 0.5) is 5.69 Å². The van der Waals surface area contributed by atoms with Crippen molar-refractivity contribution in [2.75, 3.05) is 21.1 Å². The summed E-state index contributed by atoms with van der Waals surface area (Å²) in [6.45, 7) is 2.22. The number of quaternary nitrogens is 1. The van der Waals surface area contributed by atoms with Crippen molar-refractivity contribution in [3.63, 3.8) is 0 Å². The fourth-order valence-electron chi connectivity index (χ4n) is 3.06. The lowest BCUT2D eigenvalue weighted by Crippen LogP contribution is -2.35. The molecule has 0 atom stereocenters. The number of hydrogen-bond donors (Lipinski definition) is 0. The van der Waals surface area contributed by atoms with E-state index in [-0.39, 0.29) is 0 Å². The molecular formula is C19H22N+. The maximum atomic E-state index is 2.34. The largest absolute Gasteiger partial charge is 0.298 e. The first-order chi connectivity index (χ1) is 9.47. The van der Waals surface area contributed by atoms with E-state index in [1.54, 1.807) is 0 Å². The fourth-order valence-corrected chi connectivity index (χ4v) is 3.06. The van der Waals surface area contributed by atoms with Gasteiger partial charge in [-0.3, -0.25) is 4.48 Å². The summed E-state index contributed by atoms with van der Waals surface area (Å²) in [5, 5.41) is 0. The third-order valence-electron chi connectivity index (χ3n) is 3.97. The van der Waals surface area contributed by atoms with Gasteiger partial charge in [0, 0.05) is 5.56 Å². The van der Waals surface area contributed by atoms with Crippen LogP contribution in [0.25, 0.3) is 17.2 Å². The minimum atomic E-state index is 0.836. The van der Waals surface area contributed by atoms with Crippen molar-refractivity contribution in [2.45, 2.75) is 13.3 Å². The Morgan fingerprint density at radius 2 is 1.55 bits per heavy atom. The summed E-state index contributed by atoms with van der Waals surface area (Å²) in [6, 6.07) is 15.4. The molecule has 2 aromatic carbocycles. The predicted octanol–water partition coefficient (Wildman–Crippen LogP) is 4.51. The van der Waals surface area contributed by atoms with Gasteiger partial charge in [-0.05, 0) is 42.2 Å². The van der Waals surface area contributed by atoms with Crippen LogP contribution < -0.4 is 4.48 Å². The molecule has 0 unspecified atom stereocenters. The molecule has 0 fully saturated rings. The molecule has 0 radical (unpaired) electrons. The lowest BCUT2D eigenvalue weighted by Gasteiger charge is -2.26. The Morgan fingerprint density at radius 3 is 2.30 bits per heavy atom. The fraction of sp³-hybridized carbons (Fsp3) is 0.263. The first kappa shape index (κ1) is 13.1. The summed E-state index contributed by atoms with van der Waals surface area (Å²) in [7, 11) is 6.68. The van der Waals surface area contributed by atoms with Gasteiger partial charge in [-0.2, -0.15) is 0 Å². The van der Waals surface area contributed by atoms with E-state index in [1.807, 2.05) is 0 Å². The summed E-state index contributed by atoms with van der Waals surface area (Å²) < 4.78 is 0.836. The highest BCUT2D eigenvalue weighted by atomic mass is 15.3. The molecule has 2 aromatic rings. The number of benzene rings is 2. The third-order valence-corrected chi connectivity index (χ3v) is 3.97. The quantitative estimate of drug-likeness (QED) is 0.700. The molecule has 0 amide bonds. The zero-order valence-electron chi connectivity index (χ0n) is 12.8. The van der Waals surface area contributed by atoms with Crippen LogP contribution in [0.15, 0.2) is 48.0 Å². The highest BCUT2D eigenvalue weighted by molar-refractivity contribution is 5.86. The SMILES string of the molecule is CC1=Cc2c(cccc2-c2ccccc2[N+](C)(C)C)C1. The molecule has 0 N–H and O–H groups in total. The Hall–Kier alpha value is -1.86. The zero-order valence-corrected chi connectivity index (χ0v) is 12.8. The van der Waals surface area contributed by atoms with Gasteiger partial charge in [0.1, 0.15) is 5.69 Å². The van der Waals surface area contributed by atoms with Gasteiger partial charge >= 0.3 is 0 Å². The van der Waals surface area contributed by atoms with E-state index in [0.717, 1.165) is 10.9 Å². The average molecular weight is 264 g/mol. The van der Waals surface area contributed by atoms with Crippen molar-refractivity contribution in [2.24, 2.45) is 0 Å². The number of rotatable bonds is 2. The standard InChI is InChI=1S/C19H22N/c1-14-12-15-8-7-10-16(18(15)13-14)17-9-5-6-11-19(17)20(2,3)4/h5-11,13H,12H2,1-4H3/q+1. The Labute approximate surface area is 121 Å². The van der Waals surface area contributed by atoms with E-state index >= 15 is 0 Å². The number of fused-ring (bicyclic) bond motifs is 1. The Bertz CT molecular complexity index is 687. The molecule has 1 heteroatoms. The summed E-state index contributed by atoms with van der Waals surface area (Å²) in [4.78, 5) is 0. The topological polar surface area (TPSA) is 0 Å². The Kier molecular flexibility index (Phi) is 3.02. The number of para-hydroxylation sites is 1. The molecule has 102 valence electrons. The van der Waals surface area contributed by atoms with Gasteiger partial charge in [-0.25, -0.2) is 0 Å². The van der Waals surface area contributed by atoms with E-state index < -0.39 is 0 Å². The second-order valence-electron chi connectivity index (χ2n) is 6.58. The van der Waals surface area contributed by atoms with Crippen LogP contribution in [0.5, 0.6) is 0 Å². The van der Waals surface area contributed by atoms with Crippen molar-refractivity contribution < 1.29 is 0 Å². The Morgan fingerprint density at radius 1 is 0.850 bits per heavy atom. The molecule has 0 bridgehead atoms. The van der Waals surface area contributed by atoms with Crippen molar-refractivity contribution in [3.8, 4) is 11.1 Å². The zero-order chi connectivity index (χ0) is 14.3. The minimum absolute atomic E-state index is 0.836. The first-order valence-corrected chi connectivity index (χ1v) is 7.17. The van der Waals surface area contributed by atoms with Crippen LogP contribution in [-0.4, -0.2) is 21.1 Å². The second kappa shape index (κ2) is 4.60. The average Bonchev–Trinajstić information content (AvgIpc) is 2.77. The Balaban J connectivity index is 2.24. The number of nitrogens with zero attached hydrogens (tertiary/aromatic N) is 1. The molecule has 0 saturated heterocycles. The predicted molar refractivity (Wildman–Crippen MR) is 88.8 cm³/mol. The van der Waals surface area contributed by atoms with Crippen molar-refractivity contribution in [1.29, 1.82) is 0 Å². The molecule has 3 rings (SSSR count). The van der Waals surface area contributed by atoms with Crippen LogP contribution in [0.1, 0.15) is 18.1 Å². The van der Waals surface area contributed by atoms with Crippen LogP contribution in [0.2, 0.25) is 0 Å². The normalized spacial score (nSPS) is 14.1. The molecule has 0 aromatic heterocycles. The monoisotopic (exact) mass is 264 g/mol. The van der Waals surface area contributed by atoms with E-state index in [2.05, 4.69) is 76.6 Å². The number of hydrogen-bond acceptors (Lipinski definition) is 0. The van der Waals surface area contributed by atoms with Crippen molar-refractivity contribution >= 4 is 11.8 Å². The lowest BCUT2D eigenvalue weighted by atomic mass is 9.95. The number of allylic oxidation sites excluding steroid dienone is 1. The molecule has 0 saturated carbocycles. The minimum Gasteiger partial charge on any atom is -0.298 e. The lowest BCUT2D eigenvalue weighted by molar-refractivity contribution is 0.487. The summed E-state index contributed by atoms with van der Waals surface area (Å²) in [5.74, 6) is 0. The molecular weight excluding hydrogens is 242 g/mol. The third kappa shape index (κ3) is 2.19. The smallest absolute Gasteiger partial charge is 0.140 e. The van der Waals surface area contributed by atoms with Crippen LogP contribution in [-0.2, 0) is 6.42 Å². The molecule has 20 heavy (non-hydrogen) atoms. The van der Waals surface area contributed by atoms with Gasteiger partial charge in [0.05, 0.1) is 21.1 Å². The summed E-state index contributed by atoms with van der Waals surface area (Å²) in [5.41, 5.74) is 8.39. The van der Waals surface area contributed by atoms with Crippen molar-refractivity contribution in [3.05, 3.63) is 59.2 Å². The van der Waals surface area contributed by atoms with E-state index in [1.165, 1.54) is 33.5 Å². The maximum absolute atomic E-state index is 2.34. The van der Waals surface area contributed by atoms with Crippen LogP contribution in [0, 0.1) is 0 Å². The highest BCUT2D eigenvalue weighted by Crippen LogP contribution is 2.38. The second-order valence-corrected chi connectivity index (χ2v) is 6.58. The molecule has 1 nitrogen and oxygen atoms in total.